The molecule has 2 rings (SSSR count). The summed E-state index contributed by atoms with van der Waals surface area (Å²) in [6.07, 6.45) is 2.69. The van der Waals surface area contributed by atoms with Gasteiger partial charge in [-0.2, -0.15) is 0 Å². The summed E-state index contributed by atoms with van der Waals surface area (Å²) in [4.78, 5) is 42.4. The van der Waals surface area contributed by atoms with Gasteiger partial charge in [-0.15, -0.1) is 0 Å². The SMILES string of the molecule is CCCCN(C(=O)C(Cc1ccc(O)cc1)NC(=O)OC(C)(C)C)C(C(=O)NC(C)CCC)c1ccccc1. The Hall–Kier alpha value is -3.55. The van der Waals surface area contributed by atoms with E-state index in [4.69, 9.17) is 4.74 Å². The summed E-state index contributed by atoms with van der Waals surface area (Å²) in [5.41, 5.74) is 0.693. The van der Waals surface area contributed by atoms with E-state index < -0.39 is 23.8 Å². The molecule has 0 saturated carbocycles. The number of amides is 3. The summed E-state index contributed by atoms with van der Waals surface area (Å²) in [5, 5.41) is 15.6. The molecule has 0 saturated heterocycles. The summed E-state index contributed by atoms with van der Waals surface area (Å²) >= 11 is 0. The van der Waals surface area contributed by atoms with E-state index in [1.807, 2.05) is 44.2 Å². The molecule has 0 aliphatic heterocycles. The van der Waals surface area contributed by atoms with Crippen molar-refractivity contribution in [1.82, 2.24) is 15.5 Å². The number of alkyl carbamates (subject to hydrolysis) is 1. The molecule has 8 nitrogen and oxygen atoms in total. The van der Waals surface area contributed by atoms with Crippen molar-refractivity contribution in [3.63, 3.8) is 0 Å². The Labute approximate surface area is 233 Å². The fraction of sp³-hybridized carbons (Fsp3) is 0.516. The second-order valence-electron chi connectivity index (χ2n) is 11.0. The molecule has 8 heteroatoms. The Balaban J connectivity index is 2.51. The van der Waals surface area contributed by atoms with Gasteiger partial charge in [0.25, 0.3) is 0 Å². The minimum atomic E-state index is -0.992. The van der Waals surface area contributed by atoms with Crippen LogP contribution < -0.4 is 10.6 Å². The number of phenols is 1. The molecule has 0 radical (unpaired) electrons. The lowest BCUT2D eigenvalue weighted by Crippen LogP contribution is -2.54. The monoisotopic (exact) mass is 539 g/mol. The van der Waals surface area contributed by atoms with E-state index >= 15 is 0 Å². The van der Waals surface area contributed by atoms with Crippen molar-refractivity contribution in [3.05, 3.63) is 65.7 Å². The first kappa shape index (κ1) is 31.7. The molecule has 0 spiro atoms. The van der Waals surface area contributed by atoms with Crippen LogP contribution in [0.2, 0.25) is 0 Å². The van der Waals surface area contributed by atoms with E-state index in [9.17, 15) is 19.5 Å². The molecule has 2 aromatic carbocycles. The highest BCUT2D eigenvalue weighted by Gasteiger charge is 2.36. The number of carbonyl (C=O) groups is 3. The largest absolute Gasteiger partial charge is 0.508 e. The molecule has 3 atom stereocenters. The third-order valence-corrected chi connectivity index (χ3v) is 6.19. The number of unbranched alkanes of at least 4 members (excludes halogenated alkanes) is 1. The van der Waals surface area contributed by atoms with Gasteiger partial charge in [-0.05, 0) is 63.8 Å². The van der Waals surface area contributed by atoms with Gasteiger partial charge < -0.3 is 25.4 Å². The zero-order valence-electron chi connectivity index (χ0n) is 24.2. The number of hydrogen-bond acceptors (Lipinski definition) is 5. The average molecular weight is 540 g/mol. The number of nitrogens with zero attached hydrogens (tertiary/aromatic N) is 1. The van der Waals surface area contributed by atoms with Gasteiger partial charge in [0.2, 0.25) is 11.8 Å². The Kier molecular flexibility index (Phi) is 12.3. The van der Waals surface area contributed by atoms with Crippen LogP contribution in [0.5, 0.6) is 5.75 Å². The van der Waals surface area contributed by atoms with Crippen molar-refractivity contribution >= 4 is 17.9 Å². The Morgan fingerprint density at radius 2 is 1.59 bits per heavy atom. The van der Waals surface area contributed by atoms with E-state index in [1.54, 1.807) is 37.8 Å². The van der Waals surface area contributed by atoms with Crippen LogP contribution in [-0.2, 0) is 20.7 Å². The fourth-order valence-corrected chi connectivity index (χ4v) is 4.35. The lowest BCUT2D eigenvalue weighted by molar-refractivity contribution is -0.142. The van der Waals surface area contributed by atoms with E-state index in [0.717, 1.165) is 24.8 Å². The molecule has 0 fully saturated rings. The van der Waals surface area contributed by atoms with Crippen molar-refractivity contribution in [2.24, 2.45) is 0 Å². The van der Waals surface area contributed by atoms with Crippen LogP contribution in [0.1, 0.15) is 84.4 Å². The van der Waals surface area contributed by atoms with Gasteiger partial charge in [0.15, 0.2) is 0 Å². The molecule has 214 valence electrons. The molecule has 0 aliphatic carbocycles. The predicted octanol–water partition coefficient (Wildman–Crippen LogP) is 5.50. The third kappa shape index (κ3) is 10.6. The number of phenolic OH excluding ortho intramolecular Hbond substituents is 1. The first-order chi connectivity index (χ1) is 18.4. The minimum absolute atomic E-state index is 0.0514. The van der Waals surface area contributed by atoms with Crippen LogP contribution >= 0.6 is 0 Å². The van der Waals surface area contributed by atoms with E-state index in [0.29, 0.717) is 18.5 Å². The normalized spacial score (nSPS) is 13.6. The molecule has 0 heterocycles. The van der Waals surface area contributed by atoms with Crippen LogP contribution in [0, 0.1) is 0 Å². The maximum atomic E-state index is 14.3. The zero-order chi connectivity index (χ0) is 29.0. The van der Waals surface area contributed by atoms with Crippen molar-refractivity contribution in [3.8, 4) is 5.75 Å². The van der Waals surface area contributed by atoms with Crippen LogP contribution in [0.3, 0.4) is 0 Å². The number of carbonyl (C=O) groups excluding carboxylic acids is 3. The zero-order valence-corrected chi connectivity index (χ0v) is 24.2. The van der Waals surface area contributed by atoms with Crippen LogP contribution in [0.25, 0.3) is 0 Å². The molecule has 0 bridgehead atoms. The molecule has 0 aromatic heterocycles. The smallest absolute Gasteiger partial charge is 0.408 e. The highest BCUT2D eigenvalue weighted by Crippen LogP contribution is 2.25. The van der Waals surface area contributed by atoms with Gasteiger partial charge in [-0.3, -0.25) is 9.59 Å². The molecule has 39 heavy (non-hydrogen) atoms. The summed E-state index contributed by atoms with van der Waals surface area (Å²) < 4.78 is 5.47. The quantitative estimate of drug-likeness (QED) is 0.311. The van der Waals surface area contributed by atoms with Crippen LogP contribution in [-0.4, -0.2) is 52.1 Å². The summed E-state index contributed by atoms with van der Waals surface area (Å²) in [5.74, 6) is -0.532. The van der Waals surface area contributed by atoms with E-state index in [-0.39, 0.29) is 30.0 Å². The van der Waals surface area contributed by atoms with Gasteiger partial charge >= 0.3 is 6.09 Å². The second kappa shape index (κ2) is 15.1. The van der Waals surface area contributed by atoms with Gasteiger partial charge in [-0.1, -0.05) is 69.2 Å². The number of benzene rings is 2. The molecule has 2 aromatic rings. The standard InChI is InChI=1S/C31H45N3O5/c1-7-9-20-34(27(24-14-11-10-12-15-24)28(36)32-22(3)13-8-2)29(37)26(33-30(38)39-31(4,5)6)21-23-16-18-25(35)19-17-23/h10-12,14-19,22,26-27,35H,7-9,13,20-21H2,1-6H3,(H,32,36)(H,33,38). The third-order valence-electron chi connectivity index (χ3n) is 6.19. The summed E-state index contributed by atoms with van der Waals surface area (Å²) in [6.45, 7) is 11.6. The Morgan fingerprint density at radius 3 is 2.15 bits per heavy atom. The first-order valence-electron chi connectivity index (χ1n) is 13.9. The molecule has 3 unspecified atom stereocenters. The maximum Gasteiger partial charge on any atom is 0.408 e. The van der Waals surface area contributed by atoms with Gasteiger partial charge in [0.05, 0.1) is 0 Å². The van der Waals surface area contributed by atoms with Gasteiger partial charge in [-0.25, -0.2) is 4.79 Å². The average Bonchev–Trinajstić information content (AvgIpc) is 2.86. The highest BCUT2D eigenvalue weighted by molar-refractivity contribution is 5.92. The highest BCUT2D eigenvalue weighted by atomic mass is 16.6. The minimum Gasteiger partial charge on any atom is -0.508 e. The van der Waals surface area contributed by atoms with Crippen molar-refractivity contribution < 1.29 is 24.2 Å². The molecular formula is C31H45N3O5. The molecule has 0 aliphatic rings. The Morgan fingerprint density at radius 1 is 0.949 bits per heavy atom. The second-order valence-corrected chi connectivity index (χ2v) is 11.0. The first-order valence-corrected chi connectivity index (χ1v) is 13.9. The summed E-state index contributed by atoms with van der Waals surface area (Å²) in [7, 11) is 0. The molecule has 3 N–H and O–H groups in total. The lowest BCUT2D eigenvalue weighted by Gasteiger charge is -2.35. The number of aromatic hydroxyl groups is 1. The maximum absolute atomic E-state index is 14.3. The fourth-order valence-electron chi connectivity index (χ4n) is 4.35. The molecular weight excluding hydrogens is 494 g/mol. The lowest BCUT2D eigenvalue weighted by atomic mass is 9.99. The topological polar surface area (TPSA) is 108 Å². The number of nitrogens with one attached hydrogen (secondary N) is 2. The van der Waals surface area contributed by atoms with Crippen molar-refractivity contribution in [2.45, 2.75) is 97.4 Å². The van der Waals surface area contributed by atoms with E-state index in [1.165, 1.54) is 12.1 Å². The summed E-state index contributed by atoms with van der Waals surface area (Å²) in [6, 6.07) is 13.8. The number of rotatable bonds is 13. The van der Waals surface area contributed by atoms with Crippen molar-refractivity contribution in [1.29, 1.82) is 0 Å². The van der Waals surface area contributed by atoms with E-state index in [2.05, 4.69) is 17.6 Å². The van der Waals surface area contributed by atoms with Crippen LogP contribution in [0.15, 0.2) is 54.6 Å². The van der Waals surface area contributed by atoms with Crippen LogP contribution in [0.4, 0.5) is 4.79 Å². The van der Waals surface area contributed by atoms with Gasteiger partial charge in [0.1, 0.15) is 23.4 Å². The van der Waals surface area contributed by atoms with Crippen molar-refractivity contribution in [2.75, 3.05) is 6.54 Å². The van der Waals surface area contributed by atoms with Gasteiger partial charge in [0, 0.05) is 19.0 Å². The Bertz CT molecular complexity index is 1050. The predicted molar refractivity (Wildman–Crippen MR) is 153 cm³/mol. The molecule has 3 amide bonds. The number of hydrogen-bond donors (Lipinski definition) is 3. The number of ether oxygens (including phenoxy) is 1.